The summed E-state index contributed by atoms with van der Waals surface area (Å²) >= 11 is 0. The normalized spacial score (nSPS) is 29.5. The third-order valence-electron chi connectivity index (χ3n) is 3.70. The molecule has 0 aromatic carbocycles. The molecule has 0 radical (unpaired) electrons. The van der Waals surface area contributed by atoms with Gasteiger partial charge in [0.1, 0.15) is 11.5 Å². The molecule has 0 saturated carbocycles. The second kappa shape index (κ2) is 3.65. The highest BCUT2D eigenvalue weighted by Gasteiger charge is 2.45. The van der Waals surface area contributed by atoms with Crippen LogP contribution in [0.4, 0.5) is 0 Å². The van der Waals surface area contributed by atoms with Crippen molar-refractivity contribution in [1.29, 1.82) is 0 Å². The average molecular weight is 221 g/mol. The van der Waals surface area contributed by atoms with Gasteiger partial charge in [0.25, 0.3) is 0 Å². The van der Waals surface area contributed by atoms with Gasteiger partial charge in [0.15, 0.2) is 0 Å². The Labute approximate surface area is 96.2 Å². The molecular formula is C13H19NO2. The first kappa shape index (κ1) is 11.2. The van der Waals surface area contributed by atoms with Gasteiger partial charge in [-0.25, -0.2) is 0 Å². The Bertz CT molecular complexity index is 422. The predicted octanol–water partition coefficient (Wildman–Crippen LogP) is 2.45. The molecule has 1 amide bonds. The molecule has 16 heavy (non-hydrogen) atoms. The number of carbonyl (C=O) groups is 1. The van der Waals surface area contributed by atoms with Gasteiger partial charge in [-0.1, -0.05) is 13.8 Å². The van der Waals surface area contributed by atoms with Crippen LogP contribution in [0.2, 0.25) is 0 Å². The van der Waals surface area contributed by atoms with Crippen LogP contribution in [-0.4, -0.2) is 11.9 Å². The van der Waals surface area contributed by atoms with Crippen LogP contribution in [0, 0.1) is 13.8 Å². The lowest BCUT2D eigenvalue weighted by Gasteiger charge is -2.29. The number of nitrogens with one attached hydrogen (secondary N) is 1. The van der Waals surface area contributed by atoms with E-state index in [2.05, 4.69) is 25.2 Å². The van der Waals surface area contributed by atoms with Gasteiger partial charge >= 0.3 is 0 Å². The summed E-state index contributed by atoms with van der Waals surface area (Å²) < 4.78 is 5.58. The van der Waals surface area contributed by atoms with Crippen molar-refractivity contribution >= 4 is 5.91 Å². The Morgan fingerprint density at radius 3 is 2.75 bits per heavy atom. The van der Waals surface area contributed by atoms with Gasteiger partial charge in [0.2, 0.25) is 5.91 Å². The van der Waals surface area contributed by atoms with Crippen LogP contribution in [0.5, 0.6) is 0 Å². The van der Waals surface area contributed by atoms with Crippen molar-refractivity contribution in [2.75, 3.05) is 0 Å². The molecule has 0 bridgehead atoms. The van der Waals surface area contributed by atoms with E-state index in [1.807, 2.05) is 13.8 Å². The lowest BCUT2D eigenvalue weighted by Crippen LogP contribution is -2.37. The van der Waals surface area contributed by atoms with E-state index in [9.17, 15) is 4.79 Å². The summed E-state index contributed by atoms with van der Waals surface area (Å²) in [5.74, 6) is 2.01. The highest BCUT2D eigenvalue weighted by molar-refractivity contribution is 5.81. The number of aryl methyl sites for hydroxylation is 2. The van der Waals surface area contributed by atoms with Crippen molar-refractivity contribution in [3.63, 3.8) is 0 Å². The zero-order valence-electron chi connectivity index (χ0n) is 10.4. The van der Waals surface area contributed by atoms with Gasteiger partial charge in [-0.2, -0.15) is 0 Å². The minimum Gasteiger partial charge on any atom is -0.466 e. The Morgan fingerprint density at radius 2 is 2.25 bits per heavy atom. The summed E-state index contributed by atoms with van der Waals surface area (Å²) in [6.07, 6.45) is 1.51. The SMILES string of the molecule is CCC1NC(=O)CC1(C)c1cc(C)oc1C. The largest absolute Gasteiger partial charge is 0.466 e. The summed E-state index contributed by atoms with van der Waals surface area (Å²) in [6.45, 7) is 8.18. The van der Waals surface area contributed by atoms with Crippen LogP contribution < -0.4 is 5.32 Å². The molecule has 3 heteroatoms. The van der Waals surface area contributed by atoms with Crippen LogP contribution >= 0.6 is 0 Å². The predicted molar refractivity (Wildman–Crippen MR) is 62.4 cm³/mol. The Balaban J connectivity index is 2.44. The molecule has 1 aromatic heterocycles. The molecule has 1 fully saturated rings. The number of furan rings is 1. The van der Waals surface area contributed by atoms with Crippen LogP contribution in [-0.2, 0) is 10.2 Å². The fourth-order valence-electron chi connectivity index (χ4n) is 2.89. The third-order valence-corrected chi connectivity index (χ3v) is 3.70. The summed E-state index contributed by atoms with van der Waals surface area (Å²) in [5.41, 5.74) is 1.06. The topological polar surface area (TPSA) is 42.2 Å². The highest BCUT2D eigenvalue weighted by Crippen LogP contribution is 2.39. The van der Waals surface area contributed by atoms with Gasteiger partial charge in [-0.05, 0) is 26.3 Å². The molecule has 88 valence electrons. The van der Waals surface area contributed by atoms with Crippen LogP contribution in [0.1, 0.15) is 43.8 Å². The zero-order valence-corrected chi connectivity index (χ0v) is 10.4. The number of rotatable bonds is 2. The van der Waals surface area contributed by atoms with Gasteiger partial charge < -0.3 is 9.73 Å². The summed E-state index contributed by atoms with van der Waals surface area (Å²) in [7, 11) is 0. The molecule has 2 atom stereocenters. The smallest absolute Gasteiger partial charge is 0.221 e. The maximum Gasteiger partial charge on any atom is 0.221 e. The molecule has 0 aliphatic carbocycles. The van der Waals surface area contributed by atoms with Crippen molar-refractivity contribution in [3.05, 3.63) is 23.2 Å². The second-order valence-electron chi connectivity index (χ2n) is 4.95. The van der Waals surface area contributed by atoms with Gasteiger partial charge in [-0.3, -0.25) is 4.79 Å². The quantitative estimate of drug-likeness (QED) is 0.833. The van der Waals surface area contributed by atoms with Crippen LogP contribution in [0.15, 0.2) is 10.5 Å². The van der Waals surface area contributed by atoms with Crippen molar-refractivity contribution in [1.82, 2.24) is 5.32 Å². The van der Waals surface area contributed by atoms with E-state index in [1.165, 1.54) is 5.56 Å². The zero-order chi connectivity index (χ0) is 11.9. The lowest BCUT2D eigenvalue weighted by atomic mass is 9.75. The van der Waals surface area contributed by atoms with Crippen molar-refractivity contribution in [3.8, 4) is 0 Å². The number of carbonyl (C=O) groups excluding carboxylic acids is 1. The van der Waals surface area contributed by atoms with E-state index < -0.39 is 0 Å². The lowest BCUT2D eigenvalue weighted by molar-refractivity contribution is -0.119. The molecule has 1 aromatic rings. The van der Waals surface area contributed by atoms with E-state index in [0.29, 0.717) is 6.42 Å². The molecule has 2 heterocycles. The first-order chi connectivity index (χ1) is 7.47. The van der Waals surface area contributed by atoms with E-state index in [1.54, 1.807) is 0 Å². The second-order valence-corrected chi connectivity index (χ2v) is 4.95. The fraction of sp³-hybridized carbons (Fsp3) is 0.615. The van der Waals surface area contributed by atoms with Crippen molar-refractivity contribution in [2.45, 2.75) is 52.0 Å². The Morgan fingerprint density at radius 1 is 1.56 bits per heavy atom. The molecule has 1 saturated heterocycles. The summed E-state index contributed by atoms with van der Waals surface area (Å²) in [4.78, 5) is 11.6. The van der Waals surface area contributed by atoms with Crippen LogP contribution in [0.25, 0.3) is 0 Å². The highest BCUT2D eigenvalue weighted by atomic mass is 16.3. The summed E-state index contributed by atoms with van der Waals surface area (Å²) in [6, 6.07) is 2.29. The minimum absolute atomic E-state index is 0.117. The van der Waals surface area contributed by atoms with Crippen molar-refractivity contribution < 1.29 is 9.21 Å². The van der Waals surface area contributed by atoms with E-state index in [-0.39, 0.29) is 17.4 Å². The number of hydrogen-bond donors (Lipinski definition) is 1. The van der Waals surface area contributed by atoms with Gasteiger partial charge in [-0.15, -0.1) is 0 Å². The number of amides is 1. The molecule has 1 aliphatic rings. The third kappa shape index (κ3) is 1.55. The average Bonchev–Trinajstić information content (AvgIpc) is 2.67. The van der Waals surface area contributed by atoms with Crippen molar-refractivity contribution in [2.24, 2.45) is 0 Å². The van der Waals surface area contributed by atoms with E-state index >= 15 is 0 Å². The molecule has 3 nitrogen and oxygen atoms in total. The molecule has 2 unspecified atom stereocenters. The monoisotopic (exact) mass is 221 g/mol. The minimum atomic E-state index is -0.117. The van der Waals surface area contributed by atoms with Gasteiger partial charge in [0.05, 0.1) is 0 Å². The summed E-state index contributed by atoms with van der Waals surface area (Å²) in [5, 5.41) is 3.05. The molecule has 1 N–H and O–H groups in total. The molecule has 1 aliphatic heterocycles. The first-order valence-electron chi connectivity index (χ1n) is 5.84. The first-order valence-corrected chi connectivity index (χ1v) is 5.84. The van der Waals surface area contributed by atoms with E-state index in [0.717, 1.165) is 17.9 Å². The molecule has 2 rings (SSSR count). The molecule has 0 spiro atoms. The standard InChI is InChI=1S/C13H19NO2/c1-5-11-13(4,7-12(15)14-11)10-6-8(2)16-9(10)3/h6,11H,5,7H2,1-4H3,(H,14,15). The maximum absolute atomic E-state index is 11.6. The maximum atomic E-state index is 11.6. The fourth-order valence-corrected chi connectivity index (χ4v) is 2.89. The van der Waals surface area contributed by atoms with Crippen LogP contribution in [0.3, 0.4) is 0 Å². The van der Waals surface area contributed by atoms with Gasteiger partial charge in [0, 0.05) is 23.4 Å². The Kier molecular flexibility index (Phi) is 2.56. The molecular weight excluding hydrogens is 202 g/mol. The van der Waals surface area contributed by atoms with E-state index in [4.69, 9.17) is 4.42 Å². The Hall–Kier alpha value is -1.25. The number of hydrogen-bond acceptors (Lipinski definition) is 2.